The summed E-state index contributed by atoms with van der Waals surface area (Å²) in [5, 5.41) is 6.12. The summed E-state index contributed by atoms with van der Waals surface area (Å²) in [4.78, 5) is 26.0. The number of Topliss-reactive ketones (excluding diaryl/α,β-unsaturated/α-hetero) is 1. The second-order valence-corrected chi connectivity index (χ2v) is 7.01. The van der Waals surface area contributed by atoms with E-state index in [1.807, 2.05) is 62.0 Å². The number of fused-ring (bicyclic) bond motifs is 2. The Kier molecular flexibility index (Phi) is 4.09. The van der Waals surface area contributed by atoms with Crippen molar-refractivity contribution in [3.8, 4) is 11.1 Å². The molecule has 6 nitrogen and oxygen atoms in total. The minimum atomic E-state index is 0.0268. The van der Waals surface area contributed by atoms with Crippen LogP contribution in [0.15, 0.2) is 73.4 Å². The molecule has 6 heteroatoms. The molecular formula is C23H17N5O. The number of aromatic nitrogens is 5. The van der Waals surface area contributed by atoms with Crippen molar-refractivity contribution in [2.45, 2.75) is 6.42 Å². The Bertz CT molecular complexity index is 1370. The Morgan fingerprint density at radius 1 is 0.897 bits per heavy atom. The fourth-order valence-corrected chi connectivity index (χ4v) is 3.42. The summed E-state index contributed by atoms with van der Waals surface area (Å²) in [6.07, 6.45) is 9.27. The average molecular weight is 379 g/mol. The molecule has 0 saturated heterocycles. The number of carbonyl (C=O) groups is 1. The minimum absolute atomic E-state index is 0.0268. The summed E-state index contributed by atoms with van der Waals surface area (Å²) in [5.74, 6) is 0.0268. The van der Waals surface area contributed by atoms with Crippen molar-refractivity contribution in [2.24, 2.45) is 7.05 Å². The minimum Gasteiger partial charge on any atom is -0.294 e. The van der Waals surface area contributed by atoms with Gasteiger partial charge in [0.2, 0.25) is 0 Å². The maximum absolute atomic E-state index is 12.8. The molecule has 29 heavy (non-hydrogen) atoms. The third kappa shape index (κ3) is 3.36. The second-order valence-electron chi connectivity index (χ2n) is 7.01. The number of ketones is 1. The van der Waals surface area contributed by atoms with Crippen molar-refractivity contribution in [3.63, 3.8) is 0 Å². The molecular weight excluding hydrogens is 362 g/mol. The van der Waals surface area contributed by atoms with Crippen LogP contribution in [0, 0.1) is 0 Å². The highest BCUT2D eigenvalue weighted by molar-refractivity contribution is 6.00. The summed E-state index contributed by atoms with van der Waals surface area (Å²) in [6, 6.07) is 13.4. The Morgan fingerprint density at radius 3 is 2.69 bits per heavy atom. The lowest BCUT2D eigenvalue weighted by Crippen LogP contribution is -2.05. The highest BCUT2D eigenvalue weighted by atomic mass is 16.1. The quantitative estimate of drug-likeness (QED) is 0.441. The summed E-state index contributed by atoms with van der Waals surface area (Å²) in [6.45, 7) is 0. The first-order valence-electron chi connectivity index (χ1n) is 9.27. The van der Waals surface area contributed by atoms with E-state index < -0.39 is 0 Å². The van der Waals surface area contributed by atoms with Crippen LogP contribution in [-0.2, 0) is 13.5 Å². The van der Waals surface area contributed by atoms with Gasteiger partial charge in [0.05, 0.1) is 29.8 Å². The molecule has 0 aliphatic carbocycles. The molecule has 5 rings (SSSR count). The van der Waals surface area contributed by atoms with Crippen LogP contribution in [0.1, 0.15) is 16.1 Å². The average Bonchev–Trinajstić information content (AvgIpc) is 3.19. The molecule has 0 radical (unpaired) electrons. The van der Waals surface area contributed by atoms with E-state index in [2.05, 4.69) is 26.1 Å². The molecule has 0 aliphatic rings. The molecule has 0 bridgehead atoms. The maximum Gasteiger partial charge on any atom is 0.168 e. The molecule has 0 atom stereocenters. The molecule has 0 fully saturated rings. The topological polar surface area (TPSA) is 73.6 Å². The summed E-state index contributed by atoms with van der Waals surface area (Å²) >= 11 is 0. The maximum atomic E-state index is 12.8. The van der Waals surface area contributed by atoms with Gasteiger partial charge in [-0.2, -0.15) is 5.10 Å². The van der Waals surface area contributed by atoms with Gasteiger partial charge in [0.15, 0.2) is 5.78 Å². The molecule has 0 spiro atoms. The Labute approximate surface area is 166 Å². The smallest absolute Gasteiger partial charge is 0.168 e. The summed E-state index contributed by atoms with van der Waals surface area (Å²) in [7, 11) is 1.88. The first-order valence-corrected chi connectivity index (χ1v) is 9.27. The molecule has 4 aromatic heterocycles. The number of hydrogen-bond donors (Lipinski definition) is 0. The number of rotatable bonds is 4. The molecule has 4 heterocycles. The van der Waals surface area contributed by atoms with E-state index in [1.165, 1.54) is 0 Å². The van der Waals surface area contributed by atoms with Crippen LogP contribution >= 0.6 is 0 Å². The third-order valence-electron chi connectivity index (χ3n) is 4.93. The zero-order chi connectivity index (χ0) is 19.8. The highest BCUT2D eigenvalue weighted by Gasteiger charge is 2.11. The second kappa shape index (κ2) is 6.91. The number of pyridine rings is 3. The van der Waals surface area contributed by atoms with Gasteiger partial charge in [-0.1, -0.05) is 6.07 Å². The van der Waals surface area contributed by atoms with Crippen LogP contribution in [0.2, 0.25) is 0 Å². The van der Waals surface area contributed by atoms with E-state index in [9.17, 15) is 4.79 Å². The zero-order valence-electron chi connectivity index (χ0n) is 15.8. The Balaban J connectivity index is 1.45. The van der Waals surface area contributed by atoms with Gasteiger partial charge in [-0.15, -0.1) is 0 Å². The fraction of sp³-hybridized carbons (Fsp3) is 0.0870. The van der Waals surface area contributed by atoms with Gasteiger partial charge < -0.3 is 0 Å². The van der Waals surface area contributed by atoms with Crippen molar-refractivity contribution < 1.29 is 4.79 Å². The van der Waals surface area contributed by atoms with Gasteiger partial charge in [0.25, 0.3) is 0 Å². The molecule has 0 amide bonds. The van der Waals surface area contributed by atoms with Gasteiger partial charge in [-0.25, -0.2) is 0 Å². The number of nitrogens with zero attached hydrogens (tertiary/aromatic N) is 5. The van der Waals surface area contributed by atoms with E-state index >= 15 is 0 Å². The van der Waals surface area contributed by atoms with Gasteiger partial charge in [-0.05, 0) is 36.4 Å². The van der Waals surface area contributed by atoms with Crippen LogP contribution in [0.25, 0.3) is 32.9 Å². The van der Waals surface area contributed by atoms with Crippen molar-refractivity contribution >= 4 is 27.6 Å². The van der Waals surface area contributed by atoms with Crippen molar-refractivity contribution in [1.29, 1.82) is 0 Å². The normalized spacial score (nSPS) is 11.2. The lowest BCUT2D eigenvalue weighted by atomic mass is 10.0. The zero-order valence-corrected chi connectivity index (χ0v) is 15.8. The fourth-order valence-electron chi connectivity index (χ4n) is 3.42. The SMILES string of the molecule is Cn1cc(-c2cnc3cnc(CC(=O)c4ccc5ncccc5c4)cc3c2)cn1. The molecule has 5 aromatic rings. The van der Waals surface area contributed by atoms with E-state index in [-0.39, 0.29) is 12.2 Å². The molecule has 1 aromatic carbocycles. The van der Waals surface area contributed by atoms with Crippen LogP contribution in [0.4, 0.5) is 0 Å². The Morgan fingerprint density at radius 2 is 1.83 bits per heavy atom. The molecule has 0 unspecified atom stereocenters. The van der Waals surface area contributed by atoms with Crippen LogP contribution in [-0.4, -0.2) is 30.5 Å². The predicted octanol–water partition coefficient (Wildman–Crippen LogP) is 4.00. The van der Waals surface area contributed by atoms with E-state index in [0.29, 0.717) is 5.56 Å². The van der Waals surface area contributed by atoms with E-state index in [1.54, 1.807) is 17.1 Å². The molecule has 140 valence electrons. The first-order chi connectivity index (χ1) is 14.2. The van der Waals surface area contributed by atoms with Crippen molar-refractivity contribution in [1.82, 2.24) is 24.7 Å². The molecule has 0 saturated carbocycles. The number of benzene rings is 1. The largest absolute Gasteiger partial charge is 0.294 e. The van der Waals surface area contributed by atoms with E-state index in [0.717, 1.165) is 38.6 Å². The standard InChI is InChI=1S/C23H17N5O/c1-28-14-19(12-27-28)18-8-17-9-20(25-13-22(17)26-11-18)10-23(29)16-4-5-21-15(7-16)3-2-6-24-21/h2-9,11-14H,10H2,1H3. The summed E-state index contributed by atoms with van der Waals surface area (Å²) in [5.41, 5.74) is 5.04. The monoisotopic (exact) mass is 379 g/mol. The first kappa shape index (κ1) is 17.2. The predicted molar refractivity (Wildman–Crippen MR) is 112 cm³/mol. The number of hydrogen-bond acceptors (Lipinski definition) is 5. The highest BCUT2D eigenvalue weighted by Crippen LogP contribution is 2.23. The number of carbonyl (C=O) groups excluding carboxylic acids is 1. The molecule has 0 aliphatic heterocycles. The van der Waals surface area contributed by atoms with Gasteiger partial charge in [-0.3, -0.25) is 24.4 Å². The van der Waals surface area contributed by atoms with Gasteiger partial charge in [0.1, 0.15) is 0 Å². The van der Waals surface area contributed by atoms with Crippen molar-refractivity contribution in [3.05, 3.63) is 84.7 Å². The van der Waals surface area contributed by atoms with Gasteiger partial charge in [0, 0.05) is 58.8 Å². The molecule has 0 N–H and O–H groups in total. The van der Waals surface area contributed by atoms with Crippen LogP contribution < -0.4 is 0 Å². The van der Waals surface area contributed by atoms with Crippen LogP contribution in [0.5, 0.6) is 0 Å². The lowest BCUT2D eigenvalue weighted by molar-refractivity contribution is 0.0992. The lowest BCUT2D eigenvalue weighted by Gasteiger charge is -2.05. The summed E-state index contributed by atoms with van der Waals surface area (Å²) < 4.78 is 1.76. The van der Waals surface area contributed by atoms with Crippen LogP contribution in [0.3, 0.4) is 0 Å². The van der Waals surface area contributed by atoms with Gasteiger partial charge >= 0.3 is 0 Å². The Hall–Kier alpha value is -3.93. The third-order valence-corrected chi connectivity index (χ3v) is 4.93. The number of aryl methyl sites for hydroxylation is 1. The van der Waals surface area contributed by atoms with Crippen molar-refractivity contribution in [2.75, 3.05) is 0 Å². The van der Waals surface area contributed by atoms with E-state index in [4.69, 9.17) is 0 Å².